The predicted molar refractivity (Wildman–Crippen MR) is 245 cm³/mol. The first kappa shape index (κ1) is 32.5. The van der Waals surface area contributed by atoms with Gasteiger partial charge in [-0.3, -0.25) is 0 Å². The average Bonchev–Trinajstić information content (AvgIpc) is 3.94. The second-order valence-electron chi connectivity index (χ2n) is 16.2. The summed E-state index contributed by atoms with van der Waals surface area (Å²) in [6.07, 6.45) is 0. The smallest absolute Gasteiger partial charge is 0.145 e. The van der Waals surface area contributed by atoms with E-state index in [1.807, 2.05) is 0 Å². The fourth-order valence-corrected chi connectivity index (χ4v) is 10.6. The Morgan fingerprint density at radius 2 is 1.10 bits per heavy atom. The Hall–Kier alpha value is -7.62. The fraction of sp³-hybridized carbons (Fsp3) is 0.0357. The van der Waals surface area contributed by atoms with Crippen molar-refractivity contribution >= 4 is 60.8 Å². The van der Waals surface area contributed by atoms with E-state index in [2.05, 4.69) is 217 Å². The highest BCUT2D eigenvalue weighted by Crippen LogP contribution is 2.64. The molecule has 11 aromatic rings. The highest BCUT2D eigenvalue weighted by atomic mass is 16.3. The van der Waals surface area contributed by atoms with E-state index in [1.165, 1.54) is 72.1 Å². The minimum Gasteiger partial charge on any atom is -0.455 e. The number of aromatic nitrogens is 1. The molecular weight excluding hydrogens is 717 g/mol. The fourth-order valence-electron chi connectivity index (χ4n) is 10.6. The number of nitrogens with zero attached hydrogens (tertiary/aromatic N) is 2. The lowest BCUT2D eigenvalue weighted by molar-refractivity contribution is 0.667. The molecule has 0 saturated carbocycles. The van der Waals surface area contributed by atoms with E-state index < -0.39 is 5.41 Å². The van der Waals surface area contributed by atoms with Gasteiger partial charge >= 0.3 is 0 Å². The monoisotopic (exact) mass is 752 g/mol. The minimum absolute atomic E-state index is 0.424. The first-order valence-corrected chi connectivity index (χ1v) is 20.4. The van der Waals surface area contributed by atoms with E-state index in [0.717, 1.165) is 44.4 Å². The SMILES string of the molecule is CC12c3ccccc3-c3cccc(c31)N(c1ccc(-c3ccccc3)cc1)c1c2cc(-c2ccc3c(c2)c2ccccc2n3-c2ccccc2)c2oc3ccccc3c12. The van der Waals surface area contributed by atoms with Gasteiger partial charge < -0.3 is 13.9 Å². The third kappa shape index (κ3) is 4.36. The molecule has 3 nitrogen and oxygen atoms in total. The molecule has 1 unspecified atom stereocenters. The number of fused-ring (bicyclic) bond motifs is 12. The molecule has 9 aromatic carbocycles. The van der Waals surface area contributed by atoms with Crippen LogP contribution in [0.5, 0.6) is 0 Å². The van der Waals surface area contributed by atoms with Gasteiger partial charge in [0.05, 0.1) is 27.8 Å². The quantitative estimate of drug-likeness (QED) is 0.179. The predicted octanol–water partition coefficient (Wildman–Crippen LogP) is 15.1. The molecule has 0 amide bonds. The molecule has 0 N–H and O–H groups in total. The largest absolute Gasteiger partial charge is 0.455 e. The van der Waals surface area contributed by atoms with Crippen LogP contribution in [0, 0.1) is 0 Å². The van der Waals surface area contributed by atoms with Crippen LogP contribution < -0.4 is 4.90 Å². The Balaban J connectivity index is 1.14. The molecule has 59 heavy (non-hydrogen) atoms. The zero-order valence-electron chi connectivity index (χ0n) is 32.4. The molecule has 3 heteroatoms. The number of rotatable bonds is 4. The molecule has 1 atom stereocenters. The molecule has 0 bridgehead atoms. The number of para-hydroxylation sites is 3. The first-order valence-electron chi connectivity index (χ1n) is 20.4. The van der Waals surface area contributed by atoms with Crippen LogP contribution in [0.3, 0.4) is 0 Å². The van der Waals surface area contributed by atoms with Gasteiger partial charge in [-0.1, -0.05) is 140 Å². The molecule has 13 rings (SSSR count). The second-order valence-corrected chi connectivity index (χ2v) is 16.2. The molecular formula is C56H36N2O. The van der Waals surface area contributed by atoms with Gasteiger partial charge in [-0.15, -0.1) is 0 Å². The number of benzene rings is 9. The van der Waals surface area contributed by atoms with Crippen molar-refractivity contribution in [3.8, 4) is 39.1 Å². The maximum atomic E-state index is 7.08. The summed E-state index contributed by atoms with van der Waals surface area (Å²) in [6.45, 7) is 2.45. The van der Waals surface area contributed by atoms with E-state index in [1.54, 1.807) is 0 Å². The summed E-state index contributed by atoms with van der Waals surface area (Å²) in [5, 5.41) is 4.69. The summed E-state index contributed by atoms with van der Waals surface area (Å²) in [7, 11) is 0. The van der Waals surface area contributed by atoms with Gasteiger partial charge in [0.1, 0.15) is 11.2 Å². The Labute approximate surface area is 341 Å². The van der Waals surface area contributed by atoms with Crippen LogP contribution in [0.15, 0.2) is 205 Å². The van der Waals surface area contributed by atoms with Gasteiger partial charge in [-0.05, 0) is 112 Å². The van der Waals surface area contributed by atoms with Gasteiger partial charge in [0, 0.05) is 38.5 Å². The maximum absolute atomic E-state index is 7.08. The van der Waals surface area contributed by atoms with Crippen LogP contribution >= 0.6 is 0 Å². The van der Waals surface area contributed by atoms with Gasteiger partial charge in [-0.2, -0.15) is 0 Å². The van der Waals surface area contributed by atoms with Crippen molar-refractivity contribution in [2.45, 2.75) is 12.3 Å². The number of anilines is 3. The normalized spacial score (nSPS) is 15.2. The van der Waals surface area contributed by atoms with Crippen LogP contribution in [-0.4, -0.2) is 4.57 Å². The summed E-state index contributed by atoms with van der Waals surface area (Å²) < 4.78 is 9.46. The van der Waals surface area contributed by atoms with Crippen LogP contribution in [0.25, 0.3) is 82.8 Å². The van der Waals surface area contributed by atoms with E-state index in [-0.39, 0.29) is 0 Å². The third-order valence-electron chi connectivity index (χ3n) is 13.2. The highest BCUT2D eigenvalue weighted by Gasteiger charge is 2.49. The van der Waals surface area contributed by atoms with E-state index >= 15 is 0 Å². The van der Waals surface area contributed by atoms with E-state index in [9.17, 15) is 0 Å². The topological polar surface area (TPSA) is 21.3 Å². The van der Waals surface area contributed by atoms with Crippen molar-refractivity contribution in [2.75, 3.05) is 4.90 Å². The maximum Gasteiger partial charge on any atom is 0.145 e. The molecule has 1 aliphatic carbocycles. The van der Waals surface area contributed by atoms with Gasteiger partial charge in [0.2, 0.25) is 0 Å². The Bertz CT molecular complexity index is 3500. The first-order chi connectivity index (χ1) is 29.2. The number of hydrogen-bond acceptors (Lipinski definition) is 2. The molecule has 0 fully saturated rings. The standard InChI is InChI=1S/C56H36N2O/c1-56-46-23-11-8-19-40(46)42-22-14-25-50(53(42)56)58(39-30-27-36(28-31-39)35-15-4-2-5-16-35)54-47(56)34-44(55-52(54)43-21-10-13-26-51(43)59-55)37-29-32-49-45(33-37)41-20-9-12-24-48(41)57(49)38-17-6-3-7-18-38/h2-34H,1H3. The lowest BCUT2D eigenvalue weighted by Gasteiger charge is -2.43. The zero-order valence-corrected chi connectivity index (χ0v) is 32.4. The highest BCUT2D eigenvalue weighted by molar-refractivity contribution is 6.20. The summed E-state index contributed by atoms with van der Waals surface area (Å²) >= 11 is 0. The molecule has 0 saturated heterocycles. The van der Waals surface area contributed by atoms with Crippen molar-refractivity contribution in [2.24, 2.45) is 0 Å². The van der Waals surface area contributed by atoms with Crippen molar-refractivity contribution in [3.63, 3.8) is 0 Å². The zero-order chi connectivity index (χ0) is 38.8. The van der Waals surface area contributed by atoms with E-state index in [4.69, 9.17) is 4.42 Å². The molecule has 0 spiro atoms. The van der Waals surface area contributed by atoms with Gasteiger partial charge in [-0.25, -0.2) is 0 Å². The van der Waals surface area contributed by atoms with Crippen molar-refractivity contribution in [1.29, 1.82) is 0 Å². The van der Waals surface area contributed by atoms with Crippen molar-refractivity contribution in [3.05, 3.63) is 217 Å². The van der Waals surface area contributed by atoms with Crippen LogP contribution in [0.1, 0.15) is 23.6 Å². The van der Waals surface area contributed by atoms with Crippen molar-refractivity contribution in [1.82, 2.24) is 4.57 Å². The lowest BCUT2D eigenvalue weighted by atomic mass is 9.69. The molecule has 3 heterocycles. The van der Waals surface area contributed by atoms with Crippen LogP contribution in [0.4, 0.5) is 17.1 Å². The lowest BCUT2D eigenvalue weighted by Crippen LogP contribution is -2.32. The van der Waals surface area contributed by atoms with E-state index in [0.29, 0.717) is 0 Å². The van der Waals surface area contributed by atoms with Gasteiger partial charge in [0.25, 0.3) is 0 Å². The van der Waals surface area contributed by atoms with Crippen molar-refractivity contribution < 1.29 is 4.42 Å². The average molecular weight is 753 g/mol. The van der Waals surface area contributed by atoms with Gasteiger partial charge in [0.15, 0.2) is 0 Å². The Morgan fingerprint density at radius 3 is 1.95 bits per heavy atom. The number of hydrogen-bond donors (Lipinski definition) is 0. The number of furan rings is 1. The summed E-state index contributed by atoms with van der Waals surface area (Å²) in [6, 6.07) is 73.1. The Morgan fingerprint density at radius 1 is 0.441 bits per heavy atom. The molecule has 2 aromatic heterocycles. The van der Waals surface area contributed by atoms with Crippen LogP contribution in [-0.2, 0) is 5.41 Å². The molecule has 0 radical (unpaired) electrons. The minimum atomic E-state index is -0.424. The molecule has 276 valence electrons. The molecule has 2 aliphatic rings. The molecule has 1 aliphatic heterocycles. The second kappa shape index (κ2) is 12.0. The van der Waals surface area contributed by atoms with Crippen LogP contribution in [0.2, 0.25) is 0 Å². The summed E-state index contributed by atoms with van der Waals surface area (Å²) in [5.74, 6) is 0. The summed E-state index contributed by atoms with van der Waals surface area (Å²) in [5.41, 5.74) is 19.6. The third-order valence-corrected chi connectivity index (χ3v) is 13.2. The summed E-state index contributed by atoms with van der Waals surface area (Å²) in [4.78, 5) is 2.52. The Kier molecular flexibility index (Phi) is 6.58.